The molecule has 0 aliphatic carbocycles. The van der Waals surface area contributed by atoms with Gasteiger partial charge >= 0.3 is 0 Å². The first-order valence-electron chi connectivity index (χ1n) is 7.02. The van der Waals surface area contributed by atoms with E-state index in [1.54, 1.807) is 17.3 Å². The average Bonchev–Trinajstić information content (AvgIpc) is 2.38. The Labute approximate surface area is 120 Å². The van der Waals surface area contributed by atoms with Crippen LogP contribution in [0.1, 0.15) is 18.4 Å². The van der Waals surface area contributed by atoms with Crippen molar-refractivity contribution in [2.75, 3.05) is 33.7 Å². The van der Waals surface area contributed by atoms with Crippen LogP contribution < -0.4 is 0 Å². The van der Waals surface area contributed by atoms with E-state index >= 15 is 0 Å². The van der Waals surface area contributed by atoms with Gasteiger partial charge in [-0.25, -0.2) is 0 Å². The first-order chi connectivity index (χ1) is 9.48. The second kappa shape index (κ2) is 6.33. The second-order valence-electron chi connectivity index (χ2n) is 5.92. The fourth-order valence-electron chi connectivity index (χ4n) is 2.83. The molecule has 1 fully saturated rings. The molecule has 0 radical (unpaired) electrons. The van der Waals surface area contributed by atoms with Crippen molar-refractivity contribution in [3.63, 3.8) is 0 Å². The number of piperidine rings is 1. The minimum absolute atomic E-state index is 0.0647. The van der Waals surface area contributed by atoms with Crippen LogP contribution in [-0.4, -0.2) is 65.1 Å². The van der Waals surface area contributed by atoms with E-state index in [4.69, 9.17) is 0 Å². The molecule has 1 N–H and O–H groups in total. The maximum Gasteiger partial charge on any atom is 0.227 e. The van der Waals surface area contributed by atoms with Gasteiger partial charge in [-0.1, -0.05) is 6.07 Å². The van der Waals surface area contributed by atoms with Crippen molar-refractivity contribution in [1.29, 1.82) is 0 Å². The highest BCUT2D eigenvalue weighted by molar-refractivity contribution is 5.78. The van der Waals surface area contributed by atoms with Gasteiger partial charge in [0.05, 0.1) is 18.6 Å². The molecule has 1 atom stereocenters. The van der Waals surface area contributed by atoms with Crippen molar-refractivity contribution in [3.05, 3.63) is 30.1 Å². The molecule has 20 heavy (non-hydrogen) atoms. The summed E-state index contributed by atoms with van der Waals surface area (Å²) in [4.78, 5) is 20.1. The highest BCUT2D eigenvalue weighted by Crippen LogP contribution is 2.22. The van der Waals surface area contributed by atoms with Crippen LogP contribution in [0, 0.1) is 0 Å². The molecule has 1 aliphatic rings. The molecule has 0 bridgehead atoms. The monoisotopic (exact) mass is 277 g/mol. The number of carbonyl (C=O) groups excluding carboxylic acids is 1. The van der Waals surface area contributed by atoms with Crippen LogP contribution in [0.25, 0.3) is 0 Å². The summed E-state index contributed by atoms with van der Waals surface area (Å²) in [6, 6.07) is 3.74. The zero-order chi connectivity index (χ0) is 14.6. The number of rotatable bonds is 4. The van der Waals surface area contributed by atoms with Crippen molar-refractivity contribution in [1.82, 2.24) is 14.8 Å². The number of likely N-dealkylation sites (N-methyl/N-ethyl adjacent to an activating group) is 1. The van der Waals surface area contributed by atoms with Crippen molar-refractivity contribution < 1.29 is 9.90 Å². The number of carbonyl (C=O) groups is 1. The third kappa shape index (κ3) is 4.02. The van der Waals surface area contributed by atoms with E-state index in [0.29, 0.717) is 19.5 Å². The lowest BCUT2D eigenvalue weighted by Gasteiger charge is -2.40. The maximum atomic E-state index is 12.3. The Morgan fingerprint density at radius 2 is 2.35 bits per heavy atom. The van der Waals surface area contributed by atoms with Gasteiger partial charge < -0.3 is 14.9 Å². The average molecular weight is 277 g/mol. The summed E-state index contributed by atoms with van der Waals surface area (Å²) in [7, 11) is 3.88. The molecule has 1 saturated heterocycles. The lowest BCUT2D eigenvalue weighted by atomic mass is 9.92. The Hall–Kier alpha value is -1.46. The molecule has 1 aromatic heterocycles. The first-order valence-corrected chi connectivity index (χ1v) is 7.02. The molecule has 1 unspecified atom stereocenters. The summed E-state index contributed by atoms with van der Waals surface area (Å²) in [6.45, 7) is 1.74. The zero-order valence-electron chi connectivity index (χ0n) is 12.2. The summed E-state index contributed by atoms with van der Waals surface area (Å²) in [5.41, 5.74) is 0.131. The molecule has 5 nitrogen and oxygen atoms in total. The van der Waals surface area contributed by atoms with Gasteiger partial charge in [-0.2, -0.15) is 0 Å². The number of hydrogen-bond acceptors (Lipinski definition) is 4. The summed E-state index contributed by atoms with van der Waals surface area (Å²) in [6.07, 6.45) is 5.37. The lowest BCUT2D eigenvalue weighted by Crippen LogP contribution is -2.55. The number of aliphatic hydroxyl groups is 1. The standard InChI is InChI=1S/C15H23N3O2/c1-17(2)11-15(20)6-4-8-18(12-15)14(19)9-13-5-3-7-16-10-13/h3,5,7,10,20H,4,6,8-9,11-12H2,1-2H3. The molecule has 1 amide bonds. The van der Waals surface area contributed by atoms with Crippen LogP contribution in [0.2, 0.25) is 0 Å². The van der Waals surface area contributed by atoms with Crippen LogP contribution in [-0.2, 0) is 11.2 Å². The Balaban J connectivity index is 1.96. The van der Waals surface area contributed by atoms with E-state index < -0.39 is 5.60 Å². The smallest absolute Gasteiger partial charge is 0.227 e. The fourth-order valence-corrected chi connectivity index (χ4v) is 2.83. The summed E-state index contributed by atoms with van der Waals surface area (Å²) in [5.74, 6) is 0.0647. The van der Waals surface area contributed by atoms with Gasteiger partial charge in [0.25, 0.3) is 0 Å². The van der Waals surface area contributed by atoms with Crippen LogP contribution in [0.4, 0.5) is 0 Å². The van der Waals surface area contributed by atoms with Crippen LogP contribution in [0.5, 0.6) is 0 Å². The van der Waals surface area contributed by atoms with Gasteiger partial charge in [0, 0.05) is 25.5 Å². The molecular formula is C15H23N3O2. The topological polar surface area (TPSA) is 56.7 Å². The maximum absolute atomic E-state index is 12.3. The van der Waals surface area contributed by atoms with Crippen LogP contribution in [0.15, 0.2) is 24.5 Å². The molecule has 0 aromatic carbocycles. The molecule has 0 saturated carbocycles. The molecule has 1 aliphatic heterocycles. The van der Waals surface area contributed by atoms with Crippen molar-refractivity contribution in [2.45, 2.75) is 24.9 Å². The van der Waals surface area contributed by atoms with Crippen molar-refractivity contribution >= 4 is 5.91 Å². The highest BCUT2D eigenvalue weighted by atomic mass is 16.3. The van der Waals surface area contributed by atoms with Crippen molar-refractivity contribution in [3.8, 4) is 0 Å². The molecule has 2 heterocycles. The predicted octanol–water partition coefficient (Wildman–Crippen LogP) is 0.539. The van der Waals surface area contributed by atoms with E-state index in [2.05, 4.69) is 4.98 Å². The number of amides is 1. The minimum Gasteiger partial charge on any atom is -0.387 e. The Morgan fingerprint density at radius 3 is 3.00 bits per heavy atom. The summed E-state index contributed by atoms with van der Waals surface area (Å²) < 4.78 is 0. The third-order valence-electron chi connectivity index (χ3n) is 3.60. The van der Waals surface area contributed by atoms with Gasteiger partial charge in [-0.3, -0.25) is 9.78 Å². The first kappa shape index (κ1) is 14.9. The number of nitrogens with zero attached hydrogens (tertiary/aromatic N) is 3. The van der Waals surface area contributed by atoms with E-state index in [-0.39, 0.29) is 5.91 Å². The molecule has 2 rings (SSSR count). The van der Waals surface area contributed by atoms with Gasteiger partial charge in [-0.15, -0.1) is 0 Å². The molecular weight excluding hydrogens is 254 g/mol. The molecule has 5 heteroatoms. The number of pyridine rings is 1. The molecule has 0 spiro atoms. The van der Waals surface area contributed by atoms with E-state index in [9.17, 15) is 9.90 Å². The largest absolute Gasteiger partial charge is 0.387 e. The Bertz CT molecular complexity index is 450. The van der Waals surface area contributed by atoms with Gasteiger partial charge in [-0.05, 0) is 38.6 Å². The number of β-amino-alcohol motifs (C(OH)–C–C–N with tert-alkyl or cyclic N) is 1. The van der Waals surface area contributed by atoms with E-state index in [1.807, 2.05) is 31.1 Å². The lowest BCUT2D eigenvalue weighted by molar-refractivity contribution is -0.138. The van der Waals surface area contributed by atoms with E-state index in [1.165, 1.54) is 0 Å². The van der Waals surface area contributed by atoms with Gasteiger partial charge in [0.2, 0.25) is 5.91 Å². The molecule has 110 valence electrons. The molecule has 1 aromatic rings. The van der Waals surface area contributed by atoms with Gasteiger partial charge in [0.1, 0.15) is 0 Å². The van der Waals surface area contributed by atoms with E-state index in [0.717, 1.165) is 24.9 Å². The highest BCUT2D eigenvalue weighted by Gasteiger charge is 2.35. The second-order valence-corrected chi connectivity index (χ2v) is 5.92. The fraction of sp³-hybridized carbons (Fsp3) is 0.600. The van der Waals surface area contributed by atoms with Crippen molar-refractivity contribution in [2.24, 2.45) is 0 Å². The Kier molecular flexibility index (Phi) is 4.73. The van der Waals surface area contributed by atoms with Crippen LogP contribution in [0.3, 0.4) is 0 Å². The quantitative estimate of drug-likeness (QED) is 0.873. The van der Waals surface area contributed by atoms with Gasteiger partial charge in [0.15, 0.2) is 0 Å². The summed E-state index contributed by atoms with van der Waals surface area (Å²) in [5, 5.41) is 10.6. The third-order valence-corrected chi connectivity index (χ3v) is 3.60. The number of aromatic nitrogens is 1. The number of likely N-dealkylation sites (tertiary alicyclic amines) is 1. The minimum atomic E-state index is -0.785. The normalized spacial score (nSPS) is 23.1. The summed E-state index contributed by atoms with van der Waals surface area (Å²) >= 11 is 0. The predicted molar refractivity (Wildman–Crippen MR) is 77.3 cm³/mol. The zero-order valence-corrected chi connectivity index (χ0v) is 12.2. The Morgan fingerprint density at radius 1 is 1.55 bits per heavy atom. The van der Waals surface area contributed by atoms with Crippen LogP contribution >= 0.6 is 0 Å². The number of hydrogen-bond donors (Lipinski definition) is 1. The SMILES string of the molecule is CN(C)CC1(O)CCCN(C(=O)Cc2cccnc2)C1.